The molecule has 2 aliphatic heterocycles. The van der Waals surface area contributed by atoms with Crippen LogP contribution in [0.4, 0.5) is 30.7 Å². The first-order valence-corrected chi connectivity index (χ1v) is 11.4. The second kappa shape index (κ2) is 9.91. The van der Waals surface area contributed by atoms with Crippen LogP contribution in [-0.2, 0) is 28.5 Å². The van der Waals surface area contributed by atoms with Gasteiger partial charge in [-0.15, -0.1) is 0 Å². The van der Waals surface area contributed by atoms with E-state index in [2.05, 4.69) is 0 Å². The molecule has 1 amide bonds. The van der Waals surface area contributed by atoms with Crippen molar-refractivity contribution < 1.29 is 45.4 Å². The van der Waals surface area contributed by atoms with Gasteiger partial charge in [0.05, 0.1) is 29.6 Å². The minimum atomic E-state index is -4.90. The predicted molar refractivity (Wildman–Crippen MR) is 114 cm³/mol. The molecule has 192 valence electrons. The third kappa shape index (κ3) is 6.83. The number of halogens is 7. The molecule has 3 N–H and O–H groups in total. The molecule has 2 heterocycles. The number of hydrogen-bond acceptors (Lipinski definition) is 4. The topological polar surface area (TPSA) is 75.8 Å². The standard InChI is InChI=1S/C16H17F6N2O2P.C6H5FO/c1-14(23)13(25)24-6-11(5-12(24)27-14)26-7-8-2-9(15(17,18)19)4-10(3-8)16(20,21)22;7-5-1-3-6(8)4-2-5/h2-4,11-12,27H,5-7,23H2,1H3;1-4,8H/t11?,12?,14-;/m0./s1. The Kier molecular flexibility index (Phi) is 7.69. The molecule has 0 saturated carbocycles. The zero-order valence-electron chi connectivity index (χ0n) is 18.3. The van der Waals surface area contributed by atoms with Crippen molar-refractivity contribution in [2.75, 3.05) is 6.54 Å². The molecule has 0 spiro atoms. The van der Waals surface area contributed by atoms with Crippen LogP contribution < -0.4 is 5.73 Å². The van der Waals surface area contributed by atoms with Gasteiger partial charge in [0.2, 0.25) is 5.91 Å². The molecular weight excluding hydrogens is 504 g/mol. The number of carbonyl (C=O) groups is 1. The third-order valence-electron chi connectivity index (χ3n) is 5.39. The smallest absolute Gasteiger partial charge is 0.416 e. The lowest BCUT2D eigenvalue weighted by molar-refractivity contribution is -0.143. The molecule has 5 nitrogen and oxygen atoms in total. The summed E-state index contributed by atoms with van der Waals surface area (Å²) in [6.07, 6.45) is -9.79. The minimum absolute atomic E-state index is 0.0804. The van der Waals surface area contributed by atoms with E-state index >= 15 is 0 Å². The van der Waals surface area contributed by atoms with E-state index in [9.17, 15) is 35.5 Å². The van der Waals surface area contributed by atoms with Crippen LogP contribution in [-0.4, -0.2) is 39.6 Å². The zero-order chi connectivity index (χ0) is 26.2. The van der Waals surface area contributed by atoms with Crippen LogP contribution in [0.5, 0.6) is 5.75 Å². The predicted octanol–water partition coefficient (Wildman–Crippen LogP) is 5.07. The van der Waals surface area contributed by atoms with Crippen LogP contribution in [0.2, 0.25) is 0 Å². The van der Waals surface area contributed by atoms with Crippen LogP contribution in [0.1, 0.15) is 30.0 Å². The highest BCUT2D eigenvalue weighted by Crippen LogP contribution is 2.48. The molecule has 4 atom stereocenters. The number of alkyl halides is 6. The van der Waals surface area contributed by atoms with E-state index in [0.29, 0.717) is 18.6 Å². The second-order valence-electron chi connectivity index (χ2n) is 8.38. The lowest BCUT2D eigenvalue weighted by atomic mass is 10.1. The van der Waals surface area contributed by atoms with Gasteiger partial charge >= 0.3 is 12.4 Å². The van der Waals surface area contributed by atoms with Crippen LogP contribution in [0, 0.1) is 5.82 Å². The largest absolute Gasteiger partial charge is 0.508 e. The number of phenolic OH excluding ortho intramolecular Hbond substituents is 1. The maximum atomic E-state index is 12.9. The Morgan fingerprint density at radius 1 is 1.09 bits per heavy atom. The molecular formula is C22H22F7N2O3P. The third-order valence-corrected chi connectivity index (χ3v) is 7.09. The van der Waals surface area contributed by atoms with Gasteiger partial charge in [0.15, 0.2) is 0 Å². The number of ether oxygens (including phenoxy) is 1. The Morgan fingerprint density at radius 3 is 2.09 bits per heavy atom. The first-order valence-electron chi connectivity index (χ1n) is 10.3. The van der Waals surface area contributed by atoms with Gasteiger partial charge in [0.25, 0.3) is 0 Å². The SMILES string of the molecule is C[C@]1(N)PC2CC(OCc3cc(C(F)(F)F)cc(C(F)(F)F)c3)CN2C1=O.Oc1ccc(F)cc1. The van der Waals surface area contributed by atoms with Gasteiger partial charge in [0.1, 0.15) is 16.8 Å². The molecule has 4 rings (SSSR count). The summed E-state index contributed by atoms with van der Waals surface area (Å²) in [6, 6.07) is 6.39. The number of benzene rings is 2. The van der Waals surface area contributed by atoms with Gasteiger partial charge in [-0.3, -0.25) is 4.79 Å². The minimum Gasteiger partial charge on any atom is -0.508 e. The van der Waals surface area contributed by atoms with E-state index in [1.165, 1.54) is 24.3 Å². The Bertz CT molecular complexity index is 1010. The Hall–Kier alpha value is -2.43. The summed E-state index contributed by atoms with van der Waals surface area (Å²) < 4.78 is 94.8. The summed E-state index contributed by atoms with van der Waals surface area (Å²) in [5, 5.41) is 7.67. The Morgan fingerprint density at radius 2 is 1.63 bits per heavy atom. The van der Waals surface area contributed by atoms with Crippen LogP contribution in [0.15, 0.2) is 42.5 Å². The van der Waals surface area contributed by atoms with Crippen molar-refractivity contribution in [2.24, 2.45) is 5.73 Å². The molecule has 2 aromatic rings. The average Bonchev–Trinajstić information content (AvgIpc) is 3.23. The van der Waals surface area contributed by atoms with Gasteiger partial charge in [-0.05, 0) is 61.4 Å². The fourth-order valence-electron chi connectivity index (χ4n) is 3.74. The number of rotatable bonds is 3. The van der Waals surface area contributed by atoms with Crippen molar-refractivity contribution in [3.63, 3.8) is 0 Å². The van der Waals surface area contributed by atoms with Crippen LogP contribution in [0.25, 0.3) is 0 Å². The molecule has 2 aliphatic rings. The van der Waals surface area contributed by atoms with Crippen molar-refractivity contribution in [3.8, 4) is 5.75 Å². The fraction of sp³-hybridized carbons (Fsp3) is 0.409. The number of carbonyl (C=O) groups excluding carboxylic acids is 1. The first kappa shape index (κ1) is 27.2. The number of aromatic hydroxyl groups is 1. The van der Waals surface area contributed by atoms with Crippen molar-refractivity contribution in [2.45, 2.75) is 49.5 Å². The quantitative estimate of drug-likeness (QED) is 0.433. The zero-order valence-corrected chi connectivity index (χ0v) is 19.3. The summed E-state index contributed by atoms with van der Waals surface area (Å²) >= 11 is 0. The van der Waals surface area contributed by atoms with Gasteiger partial charge in [-0.2, -0.15) is 26.3 Å². The molecule has 0 bridgehead atoms. The van der Waals surface area contributed by atoms with Gasteiger partial charge < -0.3 is 20.5 Å². The number of amides is 1. The van der Waals surface area contributed by atoms with E-state index in [1.807, 2.05) is 0 Å². The van der Waals surface area contributed by atoms with E-state index in [-0.39, 0.29) is 50.0 Å². The molecule has 2 fully saturated rings. The van der Waals surface area contributed by atoms with Crippen molar-refractivity contribution in [1.82, 2.24) is 4.90 Å². The molecule has 35 heavy (non-hydrogen) atoms. The highest BCUT2D eigenvalue weighted by Gasteiger charge is 2.50. The lowest BCUT2D eigenvalue weighted by Gasteiger charge is -2.20. The highest BCUT2D eigenvalue weighted by molar-refractivity contribution is 7.43. The number of nitrogens with two attached hydrogens (primary N) is 1. The van der Waals surface area contributed by atoms with Crippen molar-refractivity contribution in [1.29, 1.82) is 0 Å². The number of nitrogens with zero attached hydrogens (tertiary/aromatic N) is 1. The summed E-state index contributed by atoms with van der Waals surface area (Å²) in [5.41, 5.74) is 2.93. The van der Waals surface area contributed by atoms with E-state index in [0.717, 1.165) is 0 Å². The fourth-order valence-corrected chi connectivity index (χ4v) is 5.46. The highest BCUT2D eigenvalue weighted by atomic mass is 31.1. The summed E-state index contributed by atoms with van der Waals surface area (Å²) in [7, 11) is 0.164. The van der Waals surface area contributed by atoms with Gasteiger partial charge in [-0.25, -0.2) is 4.39 Å². The molecule has 0 aromatic heterocycles. The maximum absolute atomic E-state index is 12.9. The Balaban J connectivity index is 0.000000363. The van der Waals surface area contributed by atoms with E-state index in [4.69, 9.17) is 15.6 Å². The van der Waals surface area contributed by atoms with Crippen LogP contribution in [0.3, 0.4) is 0 Å². The van der Waals surface area contributed by atoms with Crippen molar-refractivity contribution >= 4 is 14.5 Å². The molecule has 0 aliphatic carbocycles. The first-order chi connectivity index (χ1) is 16.1. The normalized spacial score (nSPS) is 24.9. The van der Waals surface area contributed by atoms with Gasteiger partial charge in [0, 0.05) is 6.54 Å². The summed E-state index contributed by atoms with van der Waals surface area (Å²) in [6.45, 7) is 1.47. The van der Waals surface area contributed by atoms with E-state index < -0.39 is 41.5 Å². The molecule has 13 heteroatoms. The number of phenols is 1. The number of hydrogen-bond donors (Lipinski definition) is 2. The molecule has 0 radical (unpaired) electrons. The summed E-state index contributed by atoms with van der Waals surface area (Å²) in [4.78, 5) is 13.7. The Labute approximate surface area is 197 Å². The average molecular weight is 526 g/mol. The monoisotopic (exact) mass is 526 g/mol. The van der Waals surface area contributed by atoms with Gasteiger partial charge in [-0.1, -0.05) is 8.58 Å². The number of fused-ring (bicyclic) bond motifs is 1. The molecule has 2 aromatic carbocycles. The molecule has 3 unspecified atom stereocenters. The maximum Gasteiger partial charge on any atom is 0.416 e. The second-order valence-corrected chi connectivity index (χ2v) is 10.4. The van der Waals surface area contributed by atoms with Crippen LogP contribution >= 0.6 is 8.58 Å². The molecule has 2 saturated heterocycles. The lowest BCUT2D eigenvalue weighted by Crippen LogP contribution is -2.44. The van der Waals surface area contributed by atoms with Crippen molar-refractivity contribution in [3.05, 3.63) is 65.0 Å². The van der Waals surface area contributed by atoms with E-state index in [1.54, 1.807) is 11.8 Å². The summed E-state index contributed by atoms with van der Waals surface area (Å²) in [5.74, 6) is -0.547.